The Bertz CT molecular complexity index is 439. The summed E-state index contributed by atoms with van der Waals surface area (Å²) < 4.78 is 0. The zero-order valence-corrected chi connectivity index (χ0v) is 13.3. The van der Waals surface area contributed by atoms with E-state index in [2.05, 4.69) is 55.9 Å². The SMILES string of the molecule is Cc1ccc(C(O)CN(C)C2CCN(C)CC2)c(C)c1. The van der Waals surface area contributed by atoms with E-state index in [0.717, 1.165) is 25.2 Å². The van der Waals surface area contributed by atoms with Crippen LogP contribution in [0.15, 0.2) is 18.2 Å². The predicted octanol–water partition coefficient (Wildman–Crippen LogP) is 2.36. The van der Waals surface area contributed by atoms with Crippen LogP contribution in [0.5, 0.6) is 0 Å². The van der Waals surface area contributed by atoms with Crippen molar-refractivity contribution >= 4 is 0 Å². The number of hydrogen-bond acceptors (Lipinski definition) is 3. The quantitative estimate of drug-likeness (QED) is 0.914. The Balaban J connectivity index is 1.95. The highest BCUT2D eigenvalue weighted by molar-refractivity contribution is 5.32. The molecule has 0 amide bonds. The minimum absolute atomic E-state index is 0.389. The molecule has 1 N–H and O–H groups in total. The highest BCUT2D eigenvalue weighted by Crippen LogP contribution is 2.22. The summed E-state index contributed by atoms with van der Waals surface area (Å²) in [6.45, 7) is 7.22. The molecule has 3 heteroatoms. The van der Waals surface area contributed by atoms with Gasteiger partial charge in [-0.05, 0) is 65.0 Å². The van der Waals surface area contributed by atoms with Gasteiger partial charge in [0, 0.05) is 12.6 Å². The minimum atomic E-state index is -0.389. The standard InChI is InChI=1S/C17H28N2O/c1-13-5-6-16(14(2)11-13)17(20)12-19(4)15-7-9-18(3)10-8-15/h5-6,11,15,17,20H,7-10,12H2,1-4H3. The highest BCUT2D eigenvalue weighted by Gasteiger charge is 2.23. The molecule has 1 saturated heterocycles. The first-order valence-corrected chi connectivity index (χ1v) is 7.61. The summed E-state index contributed by atoms with van der Waals surface area (Å²) in [6.07, 6.45) is 2.01. The van der Waals surface area contributed by atoms with Crippen LogP contribution in [0.2, 0.25) is 0 Å². The monoisotopic (exact) mass is 276 g/mol. The van der Waals surface area contributed by atoms with Crippen LogP contribution in [0.3, 0.4) is 0 Å². The smallest absolute Gasteiger partial charge is 0.0919 e. The largest absolute Gasteiger partial charge is 0.387 e. The van der Waals surface area contributed by atoms with E-state index in [-0.39, 0.29) is 6.10 Å². The second-order valence-corrected chi connectivity index (χ2v) is 6.35. The zero-order valence-electron chi connectivity index (χ0n) is 13.3. The lowest BCUT2D eigenvalue weighted by atomic mass is 9.99. The minimum Gasteiger partial charge on any atom is -0.387 e. The van der Waals surface area contributed by atoms with E-state index >= 15 is 0 Å². The number of hydrogen-bond donors (Lipinski definition) is 1. The molecular weight excluding hydrogens is 248 g/mol. The van der Waals surface area contributed by atoms with Gasteiger partial charge in [-0.1, -0.05) is 23.8 Å². The van der Waals surface area contributed by atoms with Gasteiger partial charge in [0.15, 0.2) is 0 Å². The topological polar surface area (TPSA) is 26.7 Å². The van der Waals surface area contributed by atoms with Gasteiger partial charge in [0.1, 0.15) is 0 Å². The lowest BCUT2D eigenvalue weighted by molar-refractivity contribution is 0.0786. The summed E-state index contributed by atoms with van der Waals surface area (Å²) in [7, 11) is 4.32. The zero-order chi connectivity index (χ0) is 14.7. The number of likely N-dealkylation sites (N-methyl/N-ethyl adjacent to an activating group) is 1. The van der Waals surface area contributed by atoms with Crippen LogP contribution in [0.25, 0.3) is 0 Å². The van der Waals surface area contributed by atoms with Gasteiger partial charge in [0.05, 0.1) is 6.10 Å². The van der Waals surface area contributed by atoms with E-state index in [1.807, 2.05) is 0 Å². The first-order valence-electron chi connectivity index (χ1n) is 7.61. The van der Waals surface area contributed by atoms with Gasteiger partial charge in [-0.15, -0.1) is 0 Å². The Kier molecular flexibility index (Phi) is 5.19. The molecule has 1 aliphatic rings. The number of benzene rings is 1. The molecule has 1 aliphatic heterocycles. The van der Waals surface area contributed by atoms with Crippen LogP contribution in [-0.2, 0) is 0 Å². The number of aliphatic hydroxyl groups is 1. The van der Waals surface area contributed by atoms with Gasteiger partial charge in [-0.2, -0.15) is 0 Å². The summed E-state index contributed by atoms with van der Waals surface area (Å²) in [4.78, 5) is 4.71. The predicted molar refractivity (Wildman–Crippen MR) is 84.0 cm³/mol. The molecule has 3 nitrogen and oxygen atoms in total. The van der Waals surface area contributed by atoms with Crippen molar-refractivity contribution in [2.45, 2.75) is 38.8 Å². The van der Waals surface area contributed by atoms with E-state index in [4.69, 9.17) is 0 Å². The fourth-order valence-electron chi connectivity index (χ4n) is 3.16. The third-order valence-electron chi connectivity index (χ3n) is 4.56. The molecule has 20 heavy (non-hydrogen) atoms. The Morgan fingerprint density at radius 3 is 2.55 bits per heavy atom. The van der Waals surface area contributed by atoms with Gasteiger partial charge in [-0.25, -0.2) is 0 Å². The molecule has 0 spiro atoms. The lowest BCUT2D eigenvalue weighted by Gasteiger charge is -2.36. The molecular formula is C17H28N2O. The summed E-state index contributed by atoms with van der Waals surface area (Å²) in [5.41, 5.74) is 3.51. The number of rotatable bonds is 4. The van der Waals surface area contributed by atoms with Gasteiger partial charge in [0.2, 0.25) is 0 Å². The van der Waals surface area contributed by atoms with Gasteiger partial charge in [0.25, 0.3) is 0 Å². The molecule has 2 rings (SSSR count). The van der Waals surface area contributed by atoms with Crippen molar-refractivity contribution in [3.05, 3.63) is 34.9 Å². The van der Waals surface area contributed by atoms with Crippen LogP contribution >= 0.6 is 0 Å². The summed E-state index contributed by atoms with van der Waals surface area (Å²) in [5.74, 6) is 0. The number of likely N-dealkylation sites (tertiary alicyclic amines) is 1. The Morgan fingerprint density at radius 2 is 1.95 bits per heavy atom. The van der Waals surface area contributed by atoms with Crippen molar-refractivity contribution in [1.29, 1.82) is 0 Å². The Morgan fingerprint density at radius 1 is 1.30 bits per heavy atom. The van der Waals surface area contributed by atoms with E-state index in [9.17, 15) is 5.11 Å². The first kappa shape index (κ1) is 15.5. The van der Waals surface area contributed by atoms with Crippen molar-refractivity contribution < 1.29 is 5.11 Å². The maximum absolute atomic E-state index is 10.5. The number of piperidine rings is 1. The molecule has 1 fully saturated rings. The number of aliphatic hydroxyl groups excluding tert-OH is 1. The molecule has 1 aromatic rings. The average Bonchev–Trinajstić information content (AvgIpc) is 2.39. The summed E-state index contributed by atoms with van der Waals surface area (Å²) in [6, 6.07) is 6.90. The molecule has 1 atom stereocenters. The lowest BCUT2D eigenvalue weighted by Crippen LogP contribution is -2.43. The van der Waals surface area contributed by atoms with E-state index < -0.39 is 0 Å². The molecule has 112 valence electrons. The maximum Gasteiger partial charge on any atom is 0.0919 e. The molecule has 0 aromatic heterocycles. The summed E-state index contributed by atoms with van der Waals surface area (Å²) >= 11 is 0. The van der Waals surface area contributed by atoms with Crippen molar-refractivity contribution in [3.63, 3.8) is 0 Å². The molecule has 0 aliphatic carbocycles. The van der Waals surface area contributed by atoms with Crippen LogP contribution in [0, 0.1) is 13.8 Å². The third-order valence-corrected chi connectivity index (χ3v) is 4.56. The number of aryl methyl sites for hydroxylation is 2. The molecule has 1 aromatic carbocycles. The summed E-state index contributed by atoms with van der Waals surface area (Å²) in [5, 5.41) is 10.5. The van der Waals surface area contributed by atoms with Gasteiger partial charge >= 0.3 is 0 Å². The molecule has 0 saturated carbocycles. The van der Waals surface area contributed by atoms with Crippen molar-refractivity contribution in [3.8, 4) is 0 Å². The fourth-order valence-corrected chi connectivity index (χ4v) is 3.16. The van der Waals surface area contributed by atoms with Crippen molar-refractivity contribution in [2.75, 3.05) is 33.7 Å². The molecule has 0 radical (unpaired) electrons. The highest BCUT2D eigenvalue weighted by atomic mass is 16.3. The van der Waals surface area contributed by atoms with E-state index in [1.165, 1.54) is 24.0 Å². The number of nitrogens with zero attached hydrogens (tertiary/aromatic N) is 2. The van der Waals surface area contributed by atoms with Gasteiger partial charge < -0.3 is 14.9 Å². The molecule has 0 bridgehead atoms. The van der Waals surface area contributed by atoms with Crippen LogP contribution < -0.4 is 0 Å². The van der Waals surface area contributed by atoms with E-state index in [0.29, 0.717) is 6.04 Å². The average molecular weight is 276 g/mol. The first-order chi connectivity index (χ1) is 9.47. The Labute approximate surface area is 123 Å². The second-order valence-electron chi connectivity index (χ2n) is 6.35. The van der Waals surface area contributed by atoms with Crippen molar-refractivity contribution in [1.82, 2.24) is 9.80 Å². The fraction of sp³-hybridized carbons (Fsp3) is 0.647. The van der Waals surface area contributed by atoms with Crippen molar-refractivity contribution in [2.24, 2.45) is 0 Å². The maximum atomic E-state index is 10.5. The van der Waals surface area contributed by atoms with Crippen LogP contribution in [0.1, 0.15) is 35.6 Å². The van der Waals surface area contributed by atoms with Crippen LogP contribution in [0.4, 0.5) is 0 Å². The molecule has 1 unspecified atom stereocenters. The molecule has 1 heterocycles. The third kappa shape index (κ3) is 3.81. The van der Waals surface area contributed by atoms with E-state index in [1.54, 1.807) is 0 Å². The van der Waals surface area contributed by atoms with Crippen LogP contribution in [-0.4, -0.2) is 54.7 Å². The second kappa shape index (κ2) is 6.70. The normalized spacial score (nSPS) is 19.5. The van der Waals surface area contributed by atoms with Gasteiger partial charge in [-0.3, -0.25) is 0 Å². The Hall–Kier alpha value is -0.900.